The van der Waals surface area contributed by atoms with E-state index in [1.165, 1.54) is 11.3 Å². The number of rotatable bonds is 6. The molecule has 21 heavy (non-hydrogen) atoms. The molecule has 0 aliphatic carbocycles. The smallest absolute Gasteiger partial charge is 0.228 e. The van der Waals surface area contributed by atoms with Crippen LogP contribution in [-0.2, 0) is 10.5 Å². The third-order valence-electron chi connectivity index (χ3n) is 2.55. The van der Waals surface area contributed by atoms with Crippen molar-refractivity contribution in [1.82, 2.24) is 9.97 Å². The third-order valence-corrected chi connectivity index (χ3v) is 4.64. The van der Waals surface area contributed by atoms with E-state index in [1.54, 1.807) is 24.2 Å². The highest BCUT2D eigenvalue weighted by Gasteiger charge is 2.11. The molecule has 0 fully saturated rings. The molecule has 0 aromatic carbocycles. The number of hydrogen-bond donors (Lipinski definition) is 1. The number of thioether (sulfide) groups is 1. The van der Waals surface area contributed by atoms with Crippen LogP contribution >= 0.6 is 23.1 Å². The van der Waals surface area contributed by atoms with Crippen molar-refractivity contribution >= 4 is 39.7 Å². The Morgan fingerprint density at radius 1 is 1.48 bits per heavy atom. The molecule has 0 unspecified atom stereocenters. The Balaban J connectivity index is 1.90. The van der Waals surface area contributed by atoms with Crippen LogP contribution in [0.5, 0.6) is 0 Å². The molecule has 2 aromatic rings. The first-order valence-corrected chi connectivity index (χ1v) is 8.26. The monoisotopic (exact) mass is 323 g/mol. The lowest BCUT2D eigenvalue weighted by Crippen LogP contribution is -2.17. The zero-order valence-electron chi connectivity index (χ0n) is 12.2. The van der Waals surface area contributed by atoms with Crippen LogP contribution in [0.3, 0.4) is 0 Å². The number of oxazole rings is 1. The highest BCUT2D eigenvalue weighted by Crippen LogP contribution is 2.31. The first kappa shape index (κ1) is 15.8. The van der Waals surface area contributed by atoms with Gasteiger partial charge in [-0.3, -0.25) is 4.79 Å². The summed E-state index contributed by atoms with van der Waals surface area (Å²) in [6.45, 7) is 9.39. The highest BCUT2D eigenvalue weighted by atomic mass is 32.2. The quantitative estimate of drug-likeness (QED) is 0.812. The second kappa shape index (κ2) is 6.91. The number of carbonyl (C=O) groups is 1. The standard InChI is InChI=1S/C14H17N3O2S2/c1-8(2)10-5-15-11(19-10)7-20-12-6-16-14(21-12)17-13(18)9(3)4/h5-6,9H,1,7H2,2-4H3,(H,16,17,18). The van der Waals surface area contributed by atoms with Gasteiger partial charge in [0.25, 0.3) is 0 Å². The molecule has 2 rings (SSSR count). The number of nitrogens with zero attached hydrogens (tertiary/aromatic N) is 2. The Morgan fingerprint density at radius 2 is 2.24 bits per heavy atom. The van der Waals surface area contributed by atoms with Gasteiger partial charge in [-0.1, -0.05) is 31.8 Å². The van der Waals surface area contributed by atoms with Crippen molar-refractivity contribution in [2.75, 3.05) is 5.32 Å². The number of anilines is 1. The SMILES string of the molecule is C=C(C)c1cnc(CSc2cnc(NC(=O)C(C)C)s2)o1. The normalized spacial score (nSPS) is 10.9. The molecule has 7 heteroatoms. The van der Waals surface area contributed by atoms with Gasteiger partial charge in [-0.25, -0.2) is 9.97 Å². The molecule has 0 spiro atoms. The van der Waals surface area contributed by atoms with Crippen molar-refractivity contribution in [3.05, 3.63) is 30.6 Å². The summed E-state index contributed by atoms with van der Waals surface area (Å²) in [6.07, 6.45) is 3.42. The maximum absolute atomic E-state index is 11.6. The van der Waals surface area contributed by atoms with Gasteiger partial charge < -0.3 is 9.73 Å². The van der Waals surface area contributed by atoms with E-state index in [9.17, 15) is 4.79 Å². The minimum absolute atomic E-state index is 0.0281. The molecule has 2 heterocycles. The summed E-state index contributed by atoms with van der Waals surface area (Å²) in [5.41, 5.74) is 0.857. The molecular formula is C14H17N3O2S2. The van der Waals surface area contributed by atoms with E-state index < -0.39 is 0 Å². The molecule has 2 aromatic heterocycles. The van der Waals surface area contributed by atoms with Crippen LogP contribution < -0.4 is 5.32 Å². The summed E-state index contributed by atoms with van der Waals surface area (Å²) < 4.78 is 6.56. The largest absolute Gasteiger partial charge is 0.440 e. The molecule has 112 valence electrons. The number of aromatic nitrogens is 2. The van der Waals surface area contributed by atoms with Crippen molar-refractivity contribution in [3.8, 4) is 0 Å². The molecule has 1 amide bonds. The molecule has 0 aliphatic heterocycles. The molecule has 5 nitrogen and oxygen atoms in total. The van der Waals surface area contributed by atoms with Crippen LogP contribution in [0.1, 0.15) is 32.4 Å². The van der Waals surface area contributed by atoms with Crippen LogP contribution in [0.4, 0.5) is 5.13 Å². The fourth-order valence-corrected chi connectivity index (χ4v) is 3.07. The second-order valence-corrected chi connectivity index (χ2v) is 7.12. The number of amides is 1. The van der Waals surface area contributed by atoms with Gasteiger partial charge >= 0.3 is 0 Å². The van der Waals surface area contributed by atoms with Crippen LogP contribution in [0.15, 0.2) is 27.6 Å². The minimum Gasteiger partial charge on any atom is -0.440 e. The van der Waals surface area contributed by atoms with E-state index in [0.717, 1.165) is 9.78 Å². The molecule has 0 saturated carbocycles. The maximum Gasteiger partial charge on any atom is 0.228 e. The number of nitrogens with one attached hydrogen (secondary N) is 1. The van der Waals surface area contributed by atoms with Gasteiger partial charge in [0, 0.05) is 5.92 Å². The summed E-state index contributed by atoms with van der Waals surface area (Å²) in [5.74, 6) is 1.89. The van der Waals surface area contributed by atoms with E-state index in [2.05, 4.69) is 21.9 Å². The summed E-state index contributed by atoms with van der Waals surface area (Å²) in [6, 6.07) is 0. The number of hydrogen-bond acceptors (Lipinski definition) is 6. The van der Waals surface area contributed by atoms with Gasteiger partial charge in [0.05, 0.1) is 22.4 Å². The zero-order valence-corrected chi connectivity index (χ0v) is 13.8. The van der Waals surface area contributed by atoms with Gasteiger partial charge in [0.15, 0.2) is 5.13 Å². The van der Waals surface area contributed by atoms with Gasteiger partial charge in [-0.2, -0.15) is 0 Å². The first-order chi connectivity index (χ1) is 9.95. The topological polar surface area (TPSA) is 68.0 Å². The fourth-order valence-electron chi connectivity index (χ4n) is 1.34. The molecule has 1 N–H and O–H groups in total. The summed E-state index contributed by atoms with van der Waals surface area (Å²) in [4.78, 5) is 20.0. The molecular weight excluding hydrogens is 306 g/mol. The third kappa shape index (κ3) is 4.44. The average Bonchev–Trinajstić information content (AvgIpc) is 3.05. The van der Waals surface area contributed by atoms with E-state index in [-0.39, 0.29) is 11.8 Å². The highest BCUT2D eigenvalue weighted by molar-refractivity contribution is 8.00. The Hall–Kier alpha value is -1.60. The fraction of sp³-hybridized carbons (Fsp3) is 0.357. The summed E-state index contributed by atoms with van der Waals surface area (Å²) in [7, 11) is 0. The van der Waals surface area contributed by atoms with Gasteiger partial charge in [0.2, 0.25) is 11.8 Å². The number of carbonyl (C=O) groups excluding carboxylic acids is 1. The second-order valence-electron chi connectivity index (χ2n) is 4.82. The van der Waals surface area contributed by atoms with Crippen molar-refractivity contribution < 1.29 is 9.21 Å². The first-order valence-electron chi connectivity index (χ1n) is 6.45. The van der Waals surface area contributed by atoms with Crippen LogP contribution in [0, 0.1) is 5.92 Å². The van der Waals surface area contributed by atoms with Crippen molar-refractivity contribution in [2.45, 2.75) is 30.7 Å². The minimum atomic E-state index is -0.0575. The molecule has 0 atom stereocenters. The van der Waals surface area contributed by atoms with E-state index in [1.807, 2.05) is 20.8 Å². The van der Waals surface area contributed by atoms with Crippen molar-refractivity contribution in [2.24, 2.45) is 5.92 Å². The van der Waals surface area contributed by atoms with E-state index in [4.69, 9.17) is 4.42 Å². The molecule has 0 aliphatic rings. The number of thiazole rings is 1. The molecule has 0 radical (unpaired) electrons. The predicted octanol–water partition coefficient (Wildman–Crippen LogP) is 4.05. The van der Waals surface area contributed by atoms with Crippen molar-refractivity contribution in [1.29, 1.82) is 0 Å². The van der Waals surface area contributed by atoms with Crippen LogP contribution in [0.25, 0.3) is 5.57 Å². The predicted molar refractivity (Wildman–Crippen MR) is 86.4 cm³/mol. The lowest BCUT2D eigenvalue weighted by molar-refractivity contribution is -0.118. The zero-order chi connectivity index (χ0) is 15.4. The Labute approximate surface area is 131 Å². The summed E-state index contributed by atoms with van der Waals surface area (Å²) >= 11 is 3.02. The number of allylic oxidation sites excluding steroid dienone is 1. The Bertz CT molecular complexity index is 646. The Morgan fingerprint density at radius 3 is 2.86 bits per heavy atom. The molecule has 0 saturated heterocycles. The van der Waals surface area contributed by atoms with E-state index >= 15 is 0 Å². The van der Waals surface area contributed by atoms with Crippen molar-refractivity contribution in [3.63, 3.8) is 0 Å². The maximum atomic E-state index is 11.6. The van der Waals surface area contributed by atoms with Crippen LogP contribution in [0.2, 0.25) is 0 Å². The van der Waals surface area contributed by atoms with E-state index in [0.29, 0.717) is 22.5 Å². The average molecular weight is 323 g/mol. The molecule has 0 bridgehead atoms. The lowest BCUT2D eigenvalue weighted by atomic mass is 10.2. The Kier molecular flexibility index (Phi) is 5.19. The summed E-state index contributed by atoms with van der Waals surface area (Å²) in [5, 5.41) is 3.40. The lowest BCUT2D eigenvalue weighted by Gasteiger charge is -2.02. The van der Waals surface area contributed by atoms with Gasteiger partial charge in [0.1, 0.15) is 5.76 Å². The van der Waals surface area contributed by atoms with Gasteiger partial charge in [-0.05, 0) is 12.5 Å². The van der Waals surface area contributed by atoms with Crippen LogP contribution in [-0.4, -0.2) is 15.9 Å². The van der Waals surface area contributed by atoms with Gasteiger partial charge in [-0.15, -0.1) is 11.8 Å².